The highest BCUT2D eigenvalue weighted by molar-refractivity contribution is 6.02. The van der Waals surface area contributed by atoms with Crippen molar-refractivity contribution in [3.05, 3.63) is 83.2 Å². The van der Waals surface area contributed by atoms with Crippen LogP contribution in [0.5, 0.6) is 0 Å². The number of nitrogens with zero attached hydrogens (tertiary/aromatic N) is 7. The fraction of sp³-hybridized carbons (Fsp3) is 0.269. The number of amides is 2. The molecule has 0 bridgehead atoms. The molecule has 2 aliphatic rings. The molecule has 1 N–H and O–H groups in total. The minimum atomic E-state index is -0.365. The van der Waals surface area contributed by atoms with E-state index in [0.29, 0.717) is 48.6 Å². The molecule has 0 fully saturated rings. The Bertz CT molecular complexity index is 1470. The van der Waals surface area contributed by atoms with E-state index in [1.807, 2.05) is 12.1 Å². The van der Waals surface area contributed by atoms with E-state index in [9.17, 15) is 9.59 Å². The van der Waals surface area contributed by atoms with Crippen molar-refractivity contribution < 1.29 is 9.59 Å². The molecule has 2 aliphatic heterocycles. The van der Waals surface area contributed by atoms with Gasteiger partial charge in [0, 0.05) is 37.9 Å². The summed E-state index contributed by atoms with van der Waals surface area (Å²) in [6, 6.07) is 12.8. The van der Waals surface area contributed by atoms with Gasteiger partial charge in [-0.25, -0.2) is 4.98 Å². The van der Waals surface area contributed by atoms with Crippen LogP contribution >= 0.6 is 0 Å². The van der Waals surface area contributed by atoms with Gasteiger partial charge >= 0.3 is 0 Å². The van der Waals surface area contributed by atoms with E-state index in [1.165, 1.54) is 0 Å². The summed E-state index contributed by atoms with van der Waals surface area (Å²) in [4.78, 5) is 40.8. The normalized spacial score (nSPS) is 16.4. The number of rotatable bonds is 4. The lowest BCUT2D eigenvalue weighted by atomic mass is 10.0. The molecule has 0 spiro atoms. The first-order valence-electron chi connectivity index (χ1n) is 12.0. The maximum atomic E-state index is 13.0. The number of anilines is 1. The van der Waals surface area contributed by atoms with Crippen LogP contribution in [0, 0.1) is 0 Å². The maximum Gasteiger partial charge on any atom is 0.275 e. The first-order valence-corrected chi connectivity index (χ1v) is 12.0. The molecule has 0 saturated carbocycles. The van der Waals surface area contributed by atoms with Crippen molar-refractivity contribution in [2.45, 2.75) is 38.8 Å². The quantitative estimate of drug-likeness (QED) is 0.477. The monoisotopic (exact) mass is 480 g/mol. The maximum absolute atomic E-state index is 13.0. The topological polar surface area (TPSA) is 119 Å². The van der Waals surface area contributed by atoms with Gasteiger partial charge in [0.15, 0.2) is 5.82 Å². The lowest BCUT2D eigenvalue weighted by molar-refractivity contribution is 0.0728. The van der Waals surface area contributed by atoms with Gasteiger partial charge in [-0.05, 0) is 61.2 Å². The predicted molar refractivity (Wildman–Crippen MR) is 131 cm³/mol. The molecule has 36 heavy (non-hydrogen) atoms. The Morgan fingerprint density at radius 1 is 1.00 bits per heavy atom. The molecule has 6 rings (SSSR count). The van der Waals surface area contributed by atoms with Gasteiger partial charge in [-0.3, -0.25) is 19.6 Å². The smallest absolute Gasteiger partial charge is 0.275 e. The summed E-state index contributed by atoms with van der Waals surface area (Å²) in [7, 11) is 0. The van der Waals surface area contributed by atoms with E-state index in [2.05, 4.69) is 42.0 Å². The zero-order chi connectivity index (χ0) is 24.6. The molecule has 6 heterocycles. The standard InChI is InChI=1S/C26H24N8O2/c1-16-8-9-23-31-32-24(34(16)23)19-6-4-7-22(29-19)30-25(35)21-13-18-15-33(12-10-17(18)14-28-21)26(36)20-5-2-3-11-27-20/h2-7,11,13-14,16H,8-10,12,15H2,1H3,(H,29,30,35)/t16-/m1/s1. The Labute approximate surface area is 207 Å². The van der Waals surface area contributed by atoms with Gasteiger partial charge in [0.05, 0.1) is 0 Å². The average Bonchev–Trinajstić information content (AvgIpc) is 3.51. The van der Waals surface area contributed by atoms with E-state index in [-0.39, 0.29) is 17.5 Å². The van der Waals surface area contributed by atoms with Gasteiger partial charge in [-0.2, -0.15) is 0 Å². The van der Waals surface area contributed by atoms with E-state index in [0.717, 1.165) is 29.8 Å². The van der Waals surface area contributed by atoms with Gasteiger partial charge in [0.25, 0.3) is 11.8 Å². The Morgan fingerprint density at radius 3 is 2.78 bits per heavy atom. The molecule has 0 saturated heterocycles. The molecule has 10 nitrogen and oxygen atoms in total. The van der Waals surface area contributed by atoms with E-state index in [4.69, 9.17) is 0 Å². The predicted octanol–water partition coefficient (Wildman–Crippen LogP) is 3.09. The molecule has 10 heteroatoms. The molecule has 4 aromatic rings. The summed E-state index contributed by atoms with van der Waals surface area (Å²) in [5, 5.41) is 11.4. The van der Waals surface area contributed by atoms with Crippen molar-refractivity contribution in [2.75, 3.05) is 11.9 Å². The van der Waals surface area contributed by atoms with Crippen molar-refractivity contribution in [1.29, 1.82) is 0 Å². The molecule has 180 valence electrons. The summed E-state index contributed by atoms with van der Waals surface area (Å²) in [6.07, 6.45) is 5.94. The average molecular weight is 481 g/mol. The summed E-state index contributed by atoms with van der Waals surface area (Å²) in [6.45, 7) is 3.12. The van der Waals surface area contributed by atoms with Crippen molar-refractivity contribution in [3.8, 4) is 11.5 Å². The molecule has 1 atom stereocenters. The second-order valence-electron chi connectivity index (χ2n) is 9.09. The van der Waals surface area contributed by atoms with Crippen LogP contribution in [0.1, 0.15) is 57.3 Å². The molecule has 0 radical (unpaired) electrons. The largest absolute Gasteiger partial charge is 0.333 e. The molecular formula is C26H24N8O2. The lowest BCUT2D eigenvalue weighted by Gasteiger charge is -2.28. The number of carbonyl (C=O) groups is 2. The number of nitrogens with one attached hydrogen (secondary N) is 1. The van der Waals surface area contributed by atoms with Gasteiger partial charge in [-0.15, -0.1) is 10.2 Å². The Hall–Kier alpha value is -4.47. The van der Waals surface area contributed by atoms with Crippen LogP contribution in [-0.4, -0.2) is 53.0 Å². The van der Waals surface area contributed by atoms with Crippen LogP contribution in [0.15, 0.2) is 54.9 Å². The SMILES string of the molecule is C[C@@H]1CCc2nnc(-c3cccc(NC(=O)c4cc5c(cn4)CCN(C(=O)c4ccccn4)C5)n3)n21. The summed E-state index contributed by atoms with van der Waals surface area (Å²) in [5.41, 5.74) is 3.27. The van der Waals surface area contributed by atoms with Crippen LogP contribution in [-0.2, 0) is 19.4 Å². The molecule has 0 aliphatic carbocycles. The zero-order valence-electron chi connectivity index (χ0n) is 19.8. The van der Waals surface area contributed by atoms with Crippen molar-refractivity contribution in [1.82, 2.24) is 34.6 Å². The van der Waals surface area contributed by atoms with Gasteiger partial charge in [0.2, 0.25) is 0 Å². The summed E-state index contributed by atoms with van der Waals surface area (Å²) >= 11 is 0. The van der Waals surface area contributed by atoms with Gasteiger partial charge in [-0.1, -0.05) is 12.1 Å². The number of hydrogen-bond acceptors (Lipinski definition) is 7. The number of aromatic nitrogens is 6. The molecule has 2 amide bonds. The minimum Gasteiger partial charge on any atom is -0.333 e. The minimum absolute atomic E-state index is 0.126. The summed E-state index contributed by atoms with van der Waals surface area (Å²) < 4.78 is 2.11. The fourth-order valence-electron chi connectivity index (χ4n) is 4.79. The van der Waals surface area contributed by atoms with Crippen LogP contribution < -0.4 is 5.32 Å². The Morgan fingerprint density at radius 2 is 1.92 bits per heavy atom. The van der Waals surface area contributed by atoms with Crippen LogP contribution in [0.4, 0.5) is 5.82 Å². The first-order chi connectivity index (χ1) is 17.6. The lowest BCUT2D eigenvalue weighted by Crippen LogP contribution is -2.36. The number of aryl methyl sites for hydroxylation is 1. The Kier molecular flexibility index (Phi) is 5.48. The van der Waals surface area contributed by atoms with Crippen molar-refractivity contribution >= 4 is 17.6 Å². The van der Waals surface area contributed by atoms with Gasteiger partial charge in [0.1, 0.15) is 28.7 Å². The second kappa shape index (κ2) is 8.95. The van der Waals surface area contributed by atoms with Crippen molar-refractivity contribution in [3.63, 3.8) is 0 Å². The Balaban J connectivity index is 1.20. The first kappa shape index (κ1) is 22.0. The number of pyridine rings is 3. The highest BCUT2D eigenvalue weighted by Crippen LogP contribution is 2.30. The third-order valence-electron chi connectivity index (χ3n) is 6.71. The van der Waals surface area contributed by atoms with E-state index < -0.39 is 0 Å². The molecular weight excluding hydrogens is 456 g/mol. The third kappa shape index (κ3) is 4.00. The fourth-order valence-corrected chi connectivity index (χ4v) is 4.79. The highest BCUT2D eigenvalue weighted by Gasteiger charge is 2.26. The number of hydrogen-bond donors (Lipinski definition) is 1. The second-order valence-corrected chi connectivity index (χ2v) is 9.09. The molecule has 0 unspecified atom stereocenters. The molecule has 0 aromatic carbocycles. The number of carbonyl (C=O) groups excluding carboxylic acids is 2. The van der Waals surface area contributed by atoms with Crippen molar-refractivity contribution in [2.24, 2.45) is 0 Å². The van der Waals surface area contributed by atoms with E-state index >= 15 is 0 Å². The highest BCUT2D eigenvalue weighted by atomic mass is 16.2. The summed E-state index contributed by atoms with van der Waals surface area (Å²) in [5.74, 6) is 1.58. The number of fused-ring (bicyclic) bond motifs is 2. The van der Waals surface area contributed by atoms with Crippen LogP contribution in [0.2, 0.25) is 0 Å². The van der Waals surface area contributed by atoms with Crippen LogP contribution in [0.3, 0.4) is 0 Å². The zero-order valence-corrected chi connectivity index (χ0v) is 19.8. The van der Waals surface area contributed by atoms with Gasteiger partial charge < -0.3 is 14.8 Å². The van der Waals surface area contributed by atoms with E-state index in [1.54, 1.807) is 47.6 Å². The van der Waals surface area contributed by atoms with Crippen LogP contribution in [0.25, 0.3) is 11.5 Å². The third-order valence-corrected chi connectivity index (χ3v) is 6.71. The molecule has 4 aromatic heterocycles.